The highest BCUT2D eigenvalue weighted by molar-refractivity contribution is 6.30. The fourth-order valence-electron chi connectivity index (χ4n) is 3.41. The van der Waals surface area contributed by atoms with Gasteiger partial charge in [0.05, 0.1) is 16.6 Å². The zero-order chi connectivity index (χ0) is 16.6. The highest BCUT2D eigenvalue weighted by atomic mass is 35.5. The molecule has 1 aliphatic carbocycles. The Morgan fingerprint density at radius 3 is 2.62 bits per heavy atom. The Balaban J connectivity index is 1.70. The summed E-state index contributed by atoms with van der Waals surface area (Å²) in [5, 5.41) is 4.78. The van der Waals surface area contributed by atoms with E-state index in [2.05, 4.69) is 10.3 Å². The topological polar surface area (TPSA) is 42.0 Å². The first-order valence-corrected chi connectivity index (χ1v) is 8.48. The van der Waals surface area contributed by atoms with Gasteiger partial charge < -0.3 is 5.32 Å². The molecule has 1 aliphatic rings. The van der Waals surface area contributed by atoms with Crippen LogP contribution in [0.1, 0.15) is 24.8 Å². The van der Waals surface area contributed by atoms with Gasteiger partial charge in [0.25, 0.3) is 0 Å². The minimum Gasteiger partial charge on any atom is -0.323 e. The summed E-state index contributed by atoms with van der Waals surface area (Å²) in [5.74, 6) is 0.0224. The van der Waals surface area contributed by atoms with Crippen LogP contribution in [0.15, 0.2) is 60.8 Å². The second-order valence-electron chi connectivity index (χ2n) is 6.28. The monoisotopic (exact) mass is 336 g/mol. The maximum atomic E-state index is 13.1. The lowest BCUT2D eigenvalue weighted by Crippen LogP contribution is -2.46. The molecule has 120 valence electrons. The van der Waals surface area contributed by atoms with Crippen molar-refractivity contribution in [3.05, 3.63) is 71.4 Å². The van der Waals surface area contributed by atoms with Crippen LogP contribution in [0.2, 0.25) is 5.02 Å². The van der Waals surface area contributed by atoms with Crippen LogP contribution in [0, 0.1) is 0 Å². The van der Waals surface area contributed by atoms with Gasteiger partial charge in [-0.15, -0.1) is 0 Å². The van der Waals surface area contributed by atoms with E-state index in [1.807, 2.05) is 54.6 Å². The molecule has 1 heterocycles. The number of anilines is 1. The first-order chi connectivity index (χ1) is 11.7. The first kappa shape index (κ1) is 15.2. The number of amides is 1. The molecule has 3 aromatic rings. The molecule has 2 aromatic carbocycles. The summed E-state index contributed by atoms with van der Waals surface area (Å²) in [6.45, 7) is 0. The smallest absolute Gasteiger partial charge is 0.235 e. The molecule has 1 amide bonds. The zero-order valence-electron chi connectivity index (χ0n) is 13.1. The van der Waals surface area contributed by atoms with Crippen molar-refractivity contribution in [1.29, 1.82) is 0 Å². The number of carbonyl (C=O) groups is 1. The average Bonchev–Trinajstić information content (AvgIpc) is 2.54. The number of hydrogen-bond donors (Lipinski definition) is 1. The van der Waals surface area contributed by atoms with E-state index in [4.69, 9.17) is 11.6 Å². The van der Waals surface area contributed by atoms with Crippen molar-refractivity contribution in [2.75, 3.05) is 5.32 Å². The molecule has 0 spiro atoms. The van der Waals surface area contributed by atoms with Crippen LogP contribution >= 0.6 is 11.6 Å². The fourth-order valence-corrected chi connectivity index (χ4v) is 3.60. The molecule has 4 rings (SSSR count). The van der Waals surface area contributed by atoms with Crippen molar-refractivity contribution < 1.29 is 4.79 Å². The third-order valence-electron chi connectivity index (χ3n) is 4.90. The molecule has 0 atom stereocenters. The summed E-state index contributed by atoms with van der Waals surface area (Å²) in [5.41, 5.74) is 2.08. The number of para-hydroxylation sites is 1. The van der Waals surface area contributed by atoms with Crippen LogP contribution in [0.25, 0.3) is 10.9 Å². The van der Waals surface area contributed by atoms with Crippen molar-refractivity contribution in [2.24, 2.45) is 0 Å². The number of aromatic nitrogens is 1. The lowest BCUT2D eigenvalue weighted by molar-refractivity contribution is -0.124. The second kappa shape index (κ2) is 5.91. The third kappa shape index (κ3) is 2.45. The molecule has 3 nitrogen and oxygen atoms in total. The van der Waals surface area contributed by atoms with Crippen LogP contribution in [0.3, 0.4) is 0 Å². The largest absolute Gasteiger partial charge is 0.323 e. The predicted octanol–water partition coefficient (Wildman–Crippen LogP) is 4.95. The number of hydrogen-bond acceptors (Lipinski definition) is 2. The molecule has 1 aromatic heterocycles. The molecule has 0 aliphatic heterocycles. The maximum Gasteiger partial charge on any atom is 0.235 e. The number of rotatable bonds is 3. The lowest BCUT2D eigenvalue weighted by Gasteiger charge is -2.40. The molecular formula is C20H17ClN2O. The fraction of sp³-hybridized carbons (Fsp3) is 0.200. The SMILES string of the molecule is O=C(Nc1cccc2cccnc12)C1(c2cccc(Cl)c2)CCC1. The molecule has 24 heavy (non-hydrogen) atoms. The van der Waals surface area contributed by atoms with E-state index in [0.29, 0.717) is 5.02 Å². The van der Waals surface area contributed by atoms with Gasteiger partial charge in [-0.2, -0.15) is 0 Å². The Hall–Kier alpha value is -2.39. The van der Waals surface area contributed by atoms with Gasteiger partial charge in [0.2, 0.25) is 5.91 Å². The molecule has 0 bridgehead atoms. The first-order valence-electron chi connectivity index (χ1n) is 8.10. The van der Waals surface area contributed by atoms with Gasteiger partial charge in [-0.25, -0.2) is 0 Å². The van der Waals surface area contributed by atoms with Crippen LogP contribution in [-0.2, 0) is 10.2 Å². The van der Waals surface area contributed by atoms with Crippen LogP contribution in [0.5, 0.6) is 0 Å². The van der Waals surface area contributed by atoms with Gasteiger partial charge in [-0.3, -0.25) is 9.78 Å². The van der Waals surface area contributed by atoms with Crippen LogP contribution < -0.4 is 5.32 Å². The number of carbonyl (C=O) groups excluding carboxylic acids is 1. The van der Waals surface area contributed by atoms with Crippen molar-refractivity contribution in [3.8, 4) is 0 Å². The lowest BCUT2D eigenvalue weighted by atomic mass is 9.64. The Kier molecular flexibility index (Phi) is 3.73. The maximum absolute atomic E-state index is 13.1. The third-order valence-corrected chi connectivity index (χ3v) is 5.13. The van der Waals surface area contributed by atoms with Crippen LogP contribution in [-0.4, -0.2) is 10.9 Å². The summed E-state index contributed by atoms with van der Waals surface area (Å²) in [4.78, 5) is 17.5. The molecule has 0 radical (unpaired) electrons. The van der Waals surface area contributed by atoms with E-state index in [1.165, 1.54) is 0 Å². The van der Waals surface area contributed by atoms with Crippen molar-refractivity contribution in [2.45, 2.75) is 24.7 Å². The molecule has 1 saturated carbocycles. The van der Waals surface area contributed by atoms with Crippen molar-refractivity contribution >= 4 is 34.1 Å². The van der Waals surface area contributed by atoms with Crippen molar-refractivity contribution in [3.63, 3.8) is 0 Å². The minimum atomic E-state index is -0.484. The normalized spacial score (nSPS) is 15.7. The van der Waals surface area contributed by atoms with Gasteiger partial charge in [0.15, 0.2) is 0 Å². The standard InChI is InChI=1S/C20H17ClN2O/c21-16-8-2-7-15(13-16)20(10-4-11-20)19(24)23-17-9-1-5-14-6-3-12-22-18(14)17/h1-3,5-9,12-13H,4,10-11H2,(H,23,24). The highest BCUT2D eigenvalue weighted by Gasteiger charge is 2.45. The number of nitrogens with one attached hydrogen (secondary N) is 1. The minimum absolute atomic E-state index is 0.0224. The summed E-state index contributed by atoms with van der Waals surface area (Å²) in [6.07, 6.45) is 4.48. The Bertz CT molecular complexity index is 913. The second-order valence-corrected chi connectivity index (χ2v) is 6.72. The molecule has 1 fully saturated rings. The number of benzene rings is 2. The molecule has 0 unspecified atom stereocenters. The number of nitrogens with zero attached hydrogens (tertiary/aromatic N) is 1. The summed E-state index contributed by atoms with van der Waals surface area (Å²) < 4.78 is 0. The zero-order valence-corrected chi connectivity index (χ0v) is 13.9. The van der Waals surface area contributed by atoms with Crippen LogP contribution in [0.4, 0.5) is 5.69 Å². The summed E-state index contributed by atoms with van der Waals surface area (Å²) >= 11 is 6.13. The molecule has 4 heteroatoms. The van der Waals surface area contributed by atoms with E-state index in [9.17, 15) is 4.79 Å². The van der Waals surface area contributed by atoms with E-state index in [0.717, 1.165) is 41.4 Å². The van der Waals surface area contributed by atoms with Gasteiger partial charge in [-0.05, 0) is 42.7 Å². The van der Waals surface area contributed by atoms with Gasteiger partial charge >= 0.3 is 0 Å². The predicted molar refractivity (Wildman–Crippen MR) is 97.4 cm³/mol. The van der Waals surface area contributed by atoms with E-state index in [1.54, 1.807) is 6.20 Å². The Labute approximate surface area is 145 Å². The summed E-state index contributed by atoms with van der Waals surface area (Å²) in [7, 11) is 0. The number of pyridine rings is 1. The van der Waals surface area contributed by atoms with Gasteiger partial charge in [0, 0.05) is 16.6 Å². The van der Waals surface area contributed by atoms with Gasteiger partial charge in [0.1, 0.15) is 0 Å². The molecular weight excluding hydrogens is 320 g/mol. The van der Waals surface area contributed by atoms with Crippen molar-refractivity contribution in [1.82, 2.24) is 4.98 Å². The highest BCUT2D eigenvalue weighted by Crippen LogP contribution is 2.45. The number of fused-ring (bicyclic) bond motifs is 1. The average molecular weight is 337 g/mol. The Morgan fingerprint density at radius 2 is 1.88 bits per heavy atom. The quantitative estimate of drug-likeness (QED) is 0.735. The van der Waals surface area contributed by atoms with E-state index in [-0.39, 0.29) is 5.91 Å². The summed E-state index contributed by atoms with van der Waals surface area (Å²) in [6, 6.07) is 17.4. The van der Waals surface area contributed by atoms with E-state index >= 15 is 0 Å². The van der Waals surface area contributed by atoms with Gasteiger partial charge in [-0.1, -0.05) is 48.4 Å². The van der Waals surface area contributed by atoms with E-state index < -0.39 is 5.41 Å². The molecule has 0 saturated heterocycles. The molecule has 1 N–H and O–H groups in total. The Morgan fingerprint density at radius 1 is 1.08 bits per heavy atom. The number of halogens is 1.